The molecule has 0 bridgehead atoms. The number of benzene rings is 12. The molecule has 12 aromatic carbocycles. The highest BCUT2D eigenvalue weighted by atomic mass is 16.7. The van der Waals surface area contributed by atoms with Crippen molar-refractivity contribution in [1.82, 2.24) is 15.0 Å². The number of hydrogen-bond donors (Lipinski definition) is 0. The van der Waals surface area contributed by atoms with Crippen LogP contribution < -0.4 is 28.9 Å². The Balaban J connectivity index is 0.704. The molecule has 15 heteroatoms. The number of hydrogen-bond acceptors (Lipinski definition) is 15. The van der Waals surface area contributed by atoms with Gasteiger partial charge in [0.1, 0.15) is 17.2 Å². The standard InChI is InChI=1S/C114H120N6O9/c1-16-112(17-2)97-58-76(46-52-91(97)94-55-49-85(64-100(94)112)118(79-34-25-22-26-35-79)82-40-31-43-88(61-82)121-67-109(13)70-124-106(7,8)125-71-109)103-115-104(77-47-53-92-95-56-50-86(65-101(95)113(18-3,19-4)98(92)59-77)119(80-36-27-23-28-37-80)83-41-32-44-89(62-83)122-68-110(14)72-126-107(9,10)127-73-110)117-105(116-103)78-48-54-93-96-57-51-87(66-102(96)114(20-5,21-6)99(93)60-78)120(81-38-29-24-30-39-81)84-42-33-45-90(63-84)123-69-111(15)74-128-108(11,12)129-75-111/h22-66H,16-21,67-75H2,1-15H3. The van der Waals surface area contributed by atoms with Gasteiger partial charge in [-0.05, 0) is 274 Å². The van der Waals surface area contributed by atoms with E-state index in [4.69, 9.17) is 57.6 Å². The van der Waals surface area contributed by atoms with Crippen LogP contribution in [0.15, 0.2) is 273 Å². The first kappa shape index (κ1) is 86.6. The van der Waals surface area contributed by atoms with E-state index in [-0.39, 0.29) is 32.5 Å². The van der Waals surface area contributed by atoms with Gasteiger partial charge in [0.05, 0.1) is 59.5 Å². The predicted molar refractivity (Wildman–Crippen MR) is 519 cm³/mol. The second kappa shape index (κ2) is 33.9. The van der Waals surface area contributed by atoms with Crippen molar-refractivity contribution in [2.45, 2.75) is 176 Å². The van der Waals surface area contributed by atoms with Crippen LogP contribution in [-0.2, 0) is 44.7 Å². The summed E-state index contributed by atoms with van der Waals surface area (Å²) in [5.41, 5.74) is 25.1. The van der Waals surface area contributed by atoms with Crippen LogP contribution in [0.2, 0.25) is 0 Å². The van der Waals surface area contributed by atoms with Gasteiger partial charge in [0, 0.05) is 119 Å². The third kappa shape index (κ3) is 16.2. The van der Waals surface area contributed by atoms with Gasteiger partial charge >= 0.3 is 0 Å². The highest BCUT2D eigenvalue weighted by Crippen LogP contribution is 2.60. The van der Waals surface area contributed by atoms with E-state index in [0.717, 1.165) is 124 Å². The SMILES string of the molecule is CCC1(CC)c2cc(-c3nc(-c4ccc5c(c4)C(CC)(CC)c4cc(N(c6ccccc6)c6cccc(OCC7(C)COC(C)(C)OC7)c6)ccc4-5)nc(-c4ccc5c(c4)C(CC)(CC)c4cc(N(c6ccccc6)c6cccc(OCC7(C)COC(C)(C)OC7)c6)ccc4-5)n3)ccc2-c2ccc(N(c3ccccc3)c3cccc(OCC4(C)COC(C)(C)OC4)c3)cc21. The minimum absolute atomic E-state index is 0.309. The van der Waals surface area contributed by atoms with Gasteiger partial charge in [0.2, 0.25) is 0 Å². The van der Waals surface area contributed by atoms with E-state index in [1.165, 1.54) is 66.8 Å². The Morgan fingerprint density at radius 1 is 0.240 bits per heavy atom. The molecule has 0 saturated carbocycles. The molecule has 3 aliphatic carbocycles. The van der Waals surface area contributed by atoms with Crippen molar-refractivity contribution in [3.63, 3.8) is 0 Å². The zero-order valence-corrected chi connectivity index (χ0v) is 77.4. The van der Waals surface area contributed by atoms with Crippen molar-refractivity contribution in [2.75, 3.05) is 74.2 Å². The summed E-state index contributed by atoms with van der Waals surface area (Å²) in [5.74, 6) is 2.31. The van der Waals surface area contributed by atoms with Crippen molar-refractivity contribution in [3.05, 3.63) is 306 Å². The number of ether oxygens (including phenoxy) is 9. The van der Waals surface area contributed by atoms with E-state index in [2.05, 4.69) is 332 Å². The molecule has 0 N–H and O–H groups in total. The lowest BCUT2D eigenvalue weighted by atomic mass is 9.73. The van der Waals surface area contributed by atoms with Crippen LogP contribution in [0.25, 0.3) is 67.5 Å². The molecular formula is C114H120N6O9. The number of fused-ring (bicyclic) bond motifs is 9. The van der Waals surface area contributed by atoms with Crippen LogP contribution >= 0.6 is 0 Å². The van der Waals surface area contributed by atoms with Crippen molar-refractivity contribution >= 4 is 51.2 Å². The minimum Gasteiger partial charge on any atom is -0.493 e. The van der Waals surface area contributed by atoms with E-state index < -0.39 is 17.4 Å². The molecule has 1 aromatic heterocycles. The van der Waals surface area contributed by atoms with Crippen molar-refractivity contribution in [2.24, 2.45) is 16.2 Å². The van der Waals surface area contributed by atoms with Gasteiger partial charge in [-0.25, -0.2) is 15.0 Å². The lowest BCUT2D eigenvalue weighted by Crippen LogP contribution is -2.47. The smallest absolute Gasteiger partial charge is 0.164 e. The van der Waals surface area contributed by atoms with Gasteiger partial charge < -0.3 is 57.3 Å². The van der Waals surface area contributed by atoms with Gasteiger partial charge in [-0.1, -0.05) is 190 Å². The Labute approximate surface area is 761 Å². The quantitative estimate of drug-likeness (QED) is 0.0483. The van der Waals surface area contributed by atoms with E-state index in [1.54, 1.807) is 0 Å². The van der Waals surface area contributed by atoms with Crippen LogP contribution in [0, 0.1) is 16.2 Å². The topological polar surface area (TPSA) is 131 Å². The maximum absolute atomic E-state index is 6.67. The number of anilines is 9. The third-order valence-electron chi connectivity index (χ3n) is 28.5. The number of nitrogens with zero attached hydrogens (tertiary/aromatic N) is 6. The summed E-state index contributed by atoms with van der Waals surface area (Å²) in [7, 11) is 0. The predicted octanol–water partition coefficient (Wildman–Crippen LogP) is 28.0. The fraction of sp³-hybridized carbons (Fsp3) is 0.342. The summed E-state index contributed by atoms with van der Waals surface area (Å²) < 4.78 is 56.8. The Morgan fingerprint density at radius 3 is 0.698 bits per heavy atom. The molecule has 3 saturated heterocycles. The lowest BCUT2D eigenvalue weighted by Gasteiger charge is -2.41. The Hall–Kier alpha value is -11.8. The fourth-order valence-corrected chi connectivity index (χ4v) is 20.7. The summed E-state index contributed by atoms with van der Waals surface area (Å²) in [6.07, 6.45) is 5.19. The molecule has 0 unspecified atom stereocenters. The van der Waals surface area contributed by atoms with Crippen LogP contribution in [0.4, 0.5) is 51.2 Å². The first-order chi connectivity index (χ1) is 62.2. The molecule has 0 spiro atoms. The van der Waals surface area contributed by atoms with E-state index in [0.29, 0.717) is 76.9 Å². The molecule has 660 valence electrons. The molecule has 4 heterocycles. The van der Waals surface area contributed by atoms with Crippen molar-refractivity contribution < 1.29 is 42.6 Å². The molecule has 13 aromatic rings. The summed E-state index contributed by atoms with van der Waals surface area (Å²) in [5, 5.41) is 0. The van der Waals surface area contributed by atoms with Crippen molar-refractivity contribution in [3.8, 4) is 84.8 Å². The second-order valence-corrected chi connectivity index (χ2v) is 38.9. The van der Waals surface area contributed by atoms with Crippen LogP contribution in [0.5, 0.6) is 17.2 Å². The molecule has 15 nitrogen and oxygen atoms in total. The largest absolute Gasteiger partial charge is 0.493 e. The van der Waals surface area contributed by atoms with Gasteiger partial charge in [-0.3, -0.25) is 0 Å². The molecule has 3 aliphatic heterocycles. The summed E-state index contributed by atoms with van der Waals surface area (Å²) >= 11 is 0. The zero-order chi connectivity index (χ0) is 89.5. The highest BCUT2D eigenvalue weighted by molar-refractivity contribution is 5.92. The van der Waals surface area contributed by atoms with E-state index in [9.17, 15) is 0 Å². The first-order valence-electron chi connectivity index (χ1n) is 46.5. The van der Waals surface area contributed by atoms with Gasteiger partial charge in [-0.2, -0.15) is 0 Å². The van der Waals surface area contributed by atoms with Gasteiger partial charge in [0.25, 0.3) is 0 Å². The van der Waals surface area contributed by atoms with Crippen LogP contribution in [0.1, 0.15) is 176 Å². The Kier molecular flexibility index (Phi) is 22.8. The maximum atomic E-state index is 6.67. The molecule has 0 radical (unpaired) electrons. The van der Waals surface area contributed by atoms with Crippen LogP contribution in [0.3, 0.4) is 0 Å². The summed E-state index contributed by atoms with van der Waals surface area (Å²) in [4.78, 5) is 24.3. The van der Waals surface area contributed by atoms with Crippen LogP contribution in [-0.4, -0.2) is 91.8 Å². The average molecular weight is 1720 g/mol. The van der Waals surface area contributed by atoms with Gasteiger partial charge in [-0.15, -0.1) is 0 Å². The number of aromatic nitrogens is 3. The lowest BCUT2D eigenvalue weighted by molar-refractivity contribution is -0.285. The second-order valence-electron chi connectivity index (χ2n) is 38.9. The molecule has 19 rings (SSSR count). The molecular weight excluding hydrogens is 1600 g/mol. The zero-order valence-electron chi connectivity index (χ0n) is 77.4. The molecule has 6 aliphatic rings. The Bertz CT molecular complexity index is 5690. The number of rotatable bonds is 27. The molecule has 3 fully saturated rings. The van der Waals surface area contributed by atoms with E-state index in [1.807, 2.05) is 59.7 Å². The minimum atomic E-state index is -0.623. The summed E-state index contributed by atoms with van der Waals surface area (Å²) in [6.45, 7) is 36.9. The van der Waals surface area contributed by atoms with E-state index >= 15 is 0 Å². The number of para-hydroxylation sites is 3. The highest BCUT2D eigenvalue weighted by Gasteiger charge is 2.47. The fourth-order valence-electron chi connectivity index (χ4n) is 20.7. The summed E-state index contributed by atoms with van der Waals surface area (Å²) in [6, 6.07) is 99.6. The maximum Gasteiger partial charge on any atom is 0.164 e. The molecule has 0 atom stereocenters. The van der Waals surface area contributed by atoms with Gasteiger partial charge in [0.15, 0.2) is 34.8 Å². The Morgan fingerprint density at radius 2 is 0.457 bits per heavy atom. The molecule has 129 heavy (non-hydrogen) atoms. The molecule has 0 amide bonds. The monoisotopic (exact) mass is 1720 g/mol. The average Bonchev–Trinajstić information content (AvgIpc) is 1.57. The normalized spacial score (nSPS) is 17.9. The first-order valence-corrected chi connectivity index (χ1v) is 46.5. The third-order valence-corrected chi connectivity index (χ3v) is 28.5. The van der Waals surface area contributed by atoms with Crippen molar-refractivity contribution in [1.29, 1.82) is 0 Å².